The second kappa shape index (κ2) is 6.07. The first-order valence-corrected chi connectivity index (χ1v) is 9.26. The number of pyridine rings is 1. The van der Waals surface area contributed by atoms with Crippen LogP contribution in [0.15, 0.2) is 42.6 Å². The molecule has 3 atom stereocenters. The maximum atomic E-state index is 6.38. The summed E-state index contributed by atoms with van der Waals surface area (Å²) < 4.78 is 8.44. The fraction of sp³-hybridized carbons (Fsp3) is 0.400. The summed E-state index contributed by atoms with van der Waals surface area (Å²) in [6.45, 7) is 1.11. The molecule has 1 saturated heterocycles. The first kappa shape index (κ1) is 15.8. The van der Waals surface area contributed by atoms with Gasteiger partial charge in [0, 0.05) is 12.6 Å². The first-order valence-electron chi connectivity index (χ1n) is 9.26. The van der Waals surface area contributed by atoms with Gasteiger partial charge in [-0.1, -0.05) is 24.3 Å². The number of ether oxygens (including phenoxy) is 1. The maximum absolute atomic E-state index is 6.38. The molecule has 134 valence electrons. The van der Waals surface area contributed by atoms with Gasteiger partial charge in [0.1, 0.15) is 11.9 Å². The number of aromatic nitrogens is 3. The third-order valence-electron chi connectivity index (χ3n) is 5.75. The van der Waals surface area contributed by atoms with Crippen molar-refractivity contribution in [3.63, 3.8) is 0 Å². The smallest absolute Gasteiger partial charge is 0.161 e. The van der Waals surface area contributed by atoms with Crippen LogP contribution in [0.3, 0.4) is 0 Å². The Hall–Kier alpha value is -2.44. The molecule has 0 bridgehead atoms. The number of benzene rings is 1. The van der Waals surface area contributed by atoms with Crippen molar-refractivity contribution >= 4 is 5.65 Å². The molecule has 5 rings (SSSR count). The lowest BCUT2D eigenvalue weighted by Crippen LogP contribution is -2.38. The van der Waals surface area contributed by atoms with Gasteiger partial charge >= 0.3 is 0 Å². The highest BCUT2D eigenvalue weighted by atomic mass is 16.5. The van der Waals surface area contributed by atoms with Gasteiger partial charge in [-0.25, -0.2) is 0 Å². The van der Waals surface area contributed by atoms with Crippen LogP contribution in [0.4, 0.5) is 0 Å². The van der Waals surface area contributed by atoms with Crippen molar-refractivity contribution < 1.29 is 4.74 Å². The van der Waals surface area contributed by atoms with E-state index in [1.54, 1.807) is 0 Å². The van der Waals surface area contributed by atoms with Gasteiger partial charge in [-0.2, -0.15) is 0 Å². The topological polar surface area (TPSA) is 68.7 Å². The van der Waals surface area contributed by atoms with Crippen molar-refractivity contribution in [2.24, 2.45) is 5.73 Å². The summed E-state index contributed by atoms with van der Waals surface area (Å²) in [4.78, 5) is 2.29. The maximum Gasteiger partial charge on any atom is 0.161 e. The van der Waals surface area contributed by atoms with Gasteiger partial charge in [0.05, 0.1) is 12.2 Å². The van der Waals surface area contributed by atoms with E-state index >= 15 is 0 Å². The predicted octanol–water partition coefficient (Wildman–Crippen LogP) is 3.02. The first-order chi connectivity index (χ1) is 12.7. The average Bonchev–Trinajstić information content (AvgIpc) is 3.06. The van der Waals surface area contributed by atoms with Gasteiger partial charge in [0.2, 0.25) is 0 Å². The summed E-state index contributed by atoms with van der Waals surface area (Å²) in [6, 6.07) is 12.8. The molecular formula is C20H23N5O. The zero-order valence-electron chi connectivity index (χ0n) is 14.9. The van der Waals surface area contributed by atoms with Crippen LogP contribution in [0.2, 0.25) is 0 Å². The molecule has 1 aliphatic heterocycles. The van der Waals surface area contributed by atoms with Crippen LogP contribution in [-0.2, 0) is 0 Å². The molecule has 1 fully saturated rings. The Kier molecular flexibility index (Phi) is 3.69. The van der Waals surface area contributed by atoms with Crippen LogP contribution in [0.5, 0.6) is 5.75 Å². The highest BCUT2D eigenvalue weighted by molar-refractivity contribution is 5.42. The number of hydrogen-bond donors (Lipinski definition) is 1. The lowest BCUT2D eigenvalue weighted by Gasteiger charge is -2.36. The molecule has 6 nitrogen and oxygen atoms in total. The molecule has 26 heavy (non-hydrogen) atoms. The van der Waals surface area contributed by atoms with Crippen LogP contribution in [-0.4, -0.2) is 33.1 Å². The Bertz CT molecular complexity index is 952. The van der Waals surface area contributed by atoms with E-state index in [1.165, 1.54) is 11.1 Å². The van der Waals surface area contributed by atoms with Crippen molar-refractivity contribution in [2.45, 2.75) is 37.5 Å². The second-order valence-corrected chi connectivity index (χ2v) is 7.36. The summed E-state index contributed by atoms with van der Waals surface area (Å²) >= 11 is 0. The molecule has 2 aromatic heterocycles. The van der Waals surface area contributed by atoms with Crippen molar-refractivity contribution in [2.75, 3.05) is 13.6 Å². The number of rotatable bonds is 3. The summed E-state index contributed by atoms with van der Waals surface area (Å²) in [5, 5.41) is 8.70. The van der Waals surface area contributed by atoms with Crippen LogP contribution in [0, 0.1) is 0 Å². The van der Waals surface area contributed by atoms with E-state index in [1.807, 2.05) is 24.4 Å². The molecule has 0 spiro atoms. The van der Waals surface area contributed by atoms with Crippen LogP contribution < -0.4 is 10.5 Å². The molecular weight excluding hydrogens is 326 g/mol. The quantitative estimate of drug-likeness (QED) is 0.787. The minimum Gasteiger partial charge on any atom is -0.484 e. The Morgan fingerprint density at radius 3 is 2.65 bits per heavy atom. The molecule has 2 aliphatic rings. The van der Waals surface area contributed by atoms with Gasteiger partial charge in [0.25, 0.3) is 0 Å². The molecule has 0 radical (unpaired) electrons. The van der Waals surface area contributed by atoms with E-state index < -0.39 is 0 Å². The van der Waals surface area contributed by atoms with Crippen LogP contribution >= 0.6 is 0 Å². The standard InChI is InChI=1S/C20H23N5O/c1-24-11-10-17(24)20-23-22-19-9-6-13(12-25(19)20)26-18-8-7-16(21)14-4-2-3-5-15(14)18/h2-6,9,12,16-18H,7-8,10-11,21H2,1H3/t16-,17?,18+/m0/s1. The number of fused-ring (bicyclic) bond motifs is 2. The molecule has 6 heteroatoms. The lowest BCUT2D eigenvalue weighted by molar-refractivity contribution is 0.119. The van der Waals surface area contributed by atoms with Crippen LogP contribution in [0.1, 0.15) is 54.4 Å². The van der Waals surface area contributed by atoms with Crippen molar-refractivity contribution in [1.82, 2.24) is 19.5 Å². The summed E-state index contributed by atoms with van der Waals surface area (Å²) in [7, 11) is 2.12. The number of nitrogens with two attached hydrogens (primary N) is 1. The Morgan fingerprint density at radius 1 is 1.04 bits per heavy atom. The summed E-state index contributed by atoms with van der Waals surface area (Å²) in [5.41, 5.74) is 9.53. The summed E-state index contributed by atoms with van der Waals surface area (Å²) in [6.07, 6.45) is 5.05. The number of hydrogen-bond acceptors (Lipinski definition) is 5. The van der Waals surface area contributed by atoms with E-state index in [2.05, 4.69) is 44.7 Å². The third-order valence-corrected chi connectivity index (χ3v) is 5.75. The molecule has 3 aromatic rings. The van der Waals surface area contributed by atoms with Crippen molar-refractivity contribution in [3.8, 4) is 5.75 Å². The minimum absolute atomic E-state index is 0.0368. The third kappa shape index (κ3) is 2.48. The van der Waals surface area contributed by atoms with Gasteiger partial charge in [-0.05, 0) is 49.6 Å². The minimum atomic E-state index is 0.0368. The molecule has 1 unspecified atom stereocenters. The highest BCUT2D eigenvalue weighted by Crippen LogP contribution is 2.38. The predicted molar refractivity (Wildman–Crippen MR) is 98.9 cm³/mol. The van der Waals surface area contributed by atoms with Crippen molar-refractivity contribution in [3.05, 3.63) is 59.5 Å². The van der Waals surface area contributed by atoms with E-state index in [0.29, 0.717) is 6.04 Å². The molecule has 1 aromatic carbocycles. The monoisotopic (exact) mass is 349 g/mol. The number of likely N-dealkylation sites (tertiary alicyclic amines) is 1. The second-order valence-electron chi connectivity index (χ2n) is 7.36. The highest BCUT2D eigenvalue weighted by Gasteiger charge is 2.30. The lowest BCUT2D eigenvalue weighted by atomic mass is 9.86. The SMILES string of the molecule is CN1CCC1c1nnc2ccc(O[C@@H]3CC[C@H](N)c4ccccc43)cn12. The zero-order valence-corrected chi connectivity index (χ0v) is 14.9. The van der Waals surface area contributed by atoms with Gasteiger partial charge in [0.15, 0.2) is 11.5 Å². The molecule has 0 amide bonds. The summed E-state index contributed by atoms with van der Waals surface area (Å²) in [5.74, 6) is 1.83. The van der Waals surface area contributed by atoms with Crippen LogP contribution in [0.25, 0.3) is 5.65 Å². The van der Waals surface area contributed by atoms with Gasteiger partial charge in [-0.3, -0.25) is 9.30 Å². The largest absolute Gasteiger partial charge is 0.484 e. The Labute approximate surface area is 152 Å². The average molecular weight is 349 g/mol. The van der Waals surface area contributed by atoms with Crippen molar-refractivity contribution in [1.29, 1.82) is 0 Å². The fourth-order valence-corrected chi connectivity index (χ4v) is 4.10. The van der Waals surface area contributed by atoms with E-state index in [-0.39, 0.29) is 12.1 Å². The van der Waals surface area contributed by atoms with Gasteiger partial charge in [-0.15, -0.1) is 10.2 Å². The zero-order chi connectivity index (χ0) is 17.7. The molecule has 0 saturated carbocycles. The number of nitrogens with zero attached hydrogens (tertiary/aromatic N) is 4. The molecule has 2 N–H and O–H groups in total. The Morgan fingerprint density at radius 2 is 1.88 bits per heavy atom. The van der Waals surface area contributed by atoms with E-state index in [0.717, 1.165) is 43.0 Å². The normalized spacial score (nSPS) is 25.7. The molecule has 1 aliphatic carbocycles. The fourth-order valence-electron chi connectivity index (χ4n) is 4.10. The molecule has 3 heterocycles. The van der Waals surface area contributed by atoms with Gasteiger partial charge < -0.3 is 10.5 Å². The van der Waals surface area contributed by atoms with E-state index in [9.17, 15) is 0 Å². The Balaban J connectivity index is 1.47. The van der Waals surface area contributed by atoms with E-state index in [4.69, 9.17) is 10.5 Å².